The summed E-state index contributed by atoms with van der Waals surface area (Å²) in [5, 5.41) is 1.36. The molecule has 100 valence electrons. The second kappa shape index (κ2) is 6.25. The minimum atomic E-state index is 0.123. The summed E-state index contributed by atoms with van der Waals surface area (Å²) in [7, 11) is 0. The summed E-state index contributed by atoms with van der Waals surface area (Å²) in [5.41, 5.74) is 4.00. The molecule has 1 fully saturated rings. The lowest BCUT2D eigenvalue weighted by Crippen LogP contribution is -2.35. The molecule has 1 aromatic rings. The number of hydrogen-bond donors (Lipinski definition) is 2. The second-order valence-electron chi connectivity index (χ2n) is 5.34. The summed E-state index contributed by atoms with van der Waals surface area (Å²) in [6.45, 7) is 2.31. The molecule has 4 heteroatoms. The SMILES string of the molecule is CC1CCCC(C(NN)c2ccc(Cl)cc2Cl)C1. The Bertz CT molecular complexity index is 409. The van der Waals surface area contributed by atoms with Crippen LogP contribution in [0, 0.1) is 11.8 Å². The van der Waals surface area contributed by atoms with Gasteiger partial charge in [0.05, 0.1) is 6.04 Å². The fraction of sp³-hybridized carbons (Fsp3) is 0.571. The molecular weight excluding hydrogens is 267 g/mol. The molecule has 0 aromatic heterocycles. The van der Waals surface area contributed by atoms with Gasteiger partial charge < -0.3 is 0 Å². The van der Waals surface area contributed by atoms with Crippen LogP contribution in [0.1, 0.15) is 44.2 Å². The highest BCUT2D eigenvalue weighted by atomic mass is 35.5. The Balaban J connectivity index is 2.21. The minimum absolute atomic E-state index is 0.123. The number of halogens is 2. The molecule has 18 heavy (non-hydrogen) atoms. The number of hydrazine groups is 1. The highest BCUT2D eigenvalue weighted by molar-refractivity contribution is 6.35. The third-order valence-electron chi connectivity index (χ3n) is 3.93. The zero-order valence-corrected chi connectivity index (χ0v) is 12.1. The Morgan fingerprint density at radius 3 is 2.72 bits per heavy atom. The van der Waals surface area contributed by atoms with Gasteiger partial charge in [-0.1, -0.05) is 49.0 Å². The van der Waals surface area contributed by atoms with E-state index in [1.165, 1.54) is 25.7 Å². The molecular formula is C14H20Cl2N2. The molecule has 1 aliphatic carbocycles. The number of nitrogens with one attached hydrogen (secondary N) is 1. The van der Waals surface area contributed by atoms with E-state index in [4.69, 9.17) is 29.0 Å². The van der Waals surface area contributed by atoms with Gasteiger partial charge in [-0.3, -0.25) is 11.3 Å². The molecule has 0 heterocycles. The zero-order valence-electron chi connectivity index (χ0n) is 10.6. The first-order chi connectivity index (χ1) is 8.61. The fourth-order valence-electron chi connectivity index (χ4n) is 3.02. The molecule has 0 aliphatic heterocycles. The highest BCUT2D eigenvalue weighted by Crippen LogP contribution is 2.39. The lowest BCUT2D eigenvalue weighted by Gasteiger charge is -2.33. The summed E-state index contributed by atoms with van der Waals surface area (Å²) in [5.74, 6) is 7.07. The zero-order chi connectivity index (χ0) is 13.1. The van der Waals surface area contributed by atoms with E-state index in [0.717, 1.165) is 11.5 Å². The first-order valence-corrected chi connectivity index (χ1v) is 7.28. The summed E-state index contributed by atoms with van der Waals surface area (Å²) >= 11 is 12.2. The van der Waals surface area contributed by atoms with Crippen molar-refractivity contribution in [3.63, 3.8) is 0 Å². The second-order valence-corrected chi connectivity index (χ2v) is 6.19. The largest absolute Gasteiger partial charge is 0.271 e. The van der Waals surface area contributed by atoms with Crippen LogP contribution in [0.2, 0.25) is 10.0 Å². The van der Waals surface area contributed by atoms with Crippen molar-refractivity contribution in [2.45, 2.75) is 38.6 Å². The van der Waals surface area contributed by atoms with Gasteiger partial charge in [0.1, 0.15) is 0 Å². The van der Waals surface area contributed by atoms with Gasteiger partial charge in [0.15, 0.2) is 0 Å². The van der Waals surface area contributed by atoms with Crippen molar-refractivity contribution in [1.82, 2.24) is 5.43 Å². The third kappa shape index (κ3) is 3.18. The summed E-state index contributed by atoms with van der Waals surface area (Å²) in [6.07, 6.45) is 5.00. The van der Waals surface area contributed by atoms with Gasteiger partial charge in [-0.15, -0.1) is 0 Å². The van der Waals surface area contributed by atoms with Gasteiger partial charge >= 0.3 is 0 Å². The quantitative estimate of drug-likeness (QED) is 0.641. The Morgan fingerprint density at radius 2 is 2.11 bits per heavy atom. The molecule has 3 atom stereocenters. The lowest BCUT2D eigenvalue weighted by molar-refractivity contribution is 0.224. The summed E-state index contributed by atoms with van der Waals surface area (Å²) in [6, 6.07) is 5.76. The van der Waals surface area contributed by atoms with Crippen molar-refractivity contribution < 1.29 is 0 Å². The van der Waals surface area contributed by atoms with E-state index in [1.54, 1.807) is 6.07 Å². The Kier molecular flexibility index (Phi) is 4.91. The van der Waals surface area contributed by atoms with Crippen LogP contribution in [0.25, 0.3) is 0 Å². The third-order valence-corrected chi connectivity index (χ3v) is 4.49. The number of benzene rings is 1. The summed E-state index contributed by atoms with van der Waals surface area (Å²) in [4.78, 5) is 0. The molecule has 1 aliphatic rings. The van der Waals surface area contributed by atoms with Gasteiger partial charge in [0.25, 0.3) is 0 Å². The normalized spacial score (nSPS) is 26.0. The first-order valence-electron chi connectivity index (χ1n) is 6.53. The lowest BCUT2D eigenvalue weighted by atomic mass is 9.77. The van der Waals surface area contributed by atoms with Crippen LogP contribution in [0.5, 0.6) is 0 Å². The maximum absolute atomic E-state index is 6.28. The van der Waals surface area contributed by atoms with E-state index in [-0.39, 0.29) is 6.04 Å². The van der Waals surface area contributed by atoms with Crippen LogP contribution in [0.15, 0.2) is 18.2 Å². The number of rotatable bonds is 3. The van der Waals surface area contributed by atoms with Crippen LogP contribution < -0.4 is 11.3 Å². The van der Waals surface area contributed by atoms with Gasteiger partial charge in [0.2, 0.25) is 0 Å². The number of nitrogens with two attached hydrogens (primary N) is 1. The fourth-order valence-corrected chi connectivity index (χ4v) is 3.54. The monoisotopic (exact) mass is 286 g/mol. The van der Waals surface area contributed by atoms with Crippen molar-refractivity contribution in [3.8, 4) is 0 Å². The predicted octanol–water partition coefficient (Wildman–Crippen LogP) is 4.32. The molecule has 3 N–H and O–H groups in total. The van der Waals surface area contributed by atoms with Crippen LogP contribution in [0.4, 0.5) is 0 Å². The molecule has 0 radical (unpaired) electrons. The molecule has 0 amide bonds. The van der Waals surface area contributed by atoms with Crippen LogP contribution >= 0.6 is 23.2 Å². The van der Waals surface area contributed by atoms with Crippen molar-refractivity contribution in [2.24, 2.45) is 17.7 Å². The van der Waals surface area contributed by atoms with E-state index in [0.29, 0.717) is 16.0 Å². The van der Waals surface area contributed by atoms with E-state index in [2.05, 4.69) is 12.3 Å². The smallest absolute Gasteiger partial charge is 0.0503 e. The predicted molar refractivity (Wildman–Crippen MR) is 77.6 cm³/mol. The topological polar surface area (TPSA) is 38.0 Å². The first kappa shape index (κ1) is 14.1. The van der Waals surface area contributed by atoms with E-state index in [9.17, 15) is 0 Å². The van der Waals surface area contributed by atoms with Crippen molar-refractivity contribution >= 4 is 23.2 Å². The maximum atomic E-state index is 6.28. The molecule has 3 unspecified atom stereocenters. The summed E-state index contributed by atoms with van der Waals surface area (Å²) < 4.78 is 0. The van der Waals surface area contributed by atoms with Gasteiger partial charge in [-0.05, 0) is 42.4 Å². The molecule has 0 spiro atoms. The Hall–Kier alpha value is -0.280. The van der Waals surface area contributed by atoms with Gasteiger partial charge in [0, 0.05) is 10.0 Å². The van der Waals surface area contributed by atoms with E-state index < -0.39 is 0 Å². The van der Waals surface area contributed by atoms with Crippen LogP contribution in [0.3, 0.4) is 0 Å². The Morgan fingerprint density at radius 1 is 1.33 bits per heavy atom. The molecule has 0 bridgehead atoms. The van der Waals surface area contributed by atoms with Crippen molar-refractivity contribution in [1.29, 1.82) is 0 Å². The van der Waals surface area contributed by atoms with Crippen molar-refractivity contribution in [2.75, 3.05) is 0 Å². The van der Waals surface area contributed by atoms with Crippen molar-refractivity contribution in [3.05, 3.63) is 33.8 Å². The van der Waals surface area contributed by atoms with Gasteiger partial charge in [-0.25, -0.2) is 0 Å². The minimum Gasteiger partial charge on any atom is -0.271 e. The molecule has 2 nitrogen and oxygen atoms in total. The van der Waals surface area contributed by atoms with E-state index >= 15 is 0 Å². The average molecular weight is 287 g/mol. The maximum Gasteiger partial charge on any atom is 0.0503 e. The molecule has 2 rings (SSSR count). The van der Waals surface area contributed by atoms with Gasteiger partial charge in [-0.2, -0.15) is 0 Å². The average Bonchev–Trinajstić information content (AvgIpc) is 2.33. The Labute approximate surface area is 119 Å². The standard InChI is InChI=1S/C14H20Cl2N2/c1-9-3-2-4-10(7-9)14(18-17)12-6-5-11(15)8-13(12)16/h5-6,8-10,14,18H,2-4,7,17H2,1H3. The van der Waals surface area contributed by atoms with Crippen LogP contribution in [-0.4, -0.2) is 0 Å². The van der Waals surface area contributed by atoms with E-state index in [1.807, 2.05) is 12.1 Å². The number of hydrogen-bond acceptors (Lipinski definition) is 2. The highest BCUT2D eigenvalue weighted by Gasteiger charge is 2.28. The molecule has 1 saturated carbocycles. The molecule has 1 aromatic carbocycles. The molecule has 0 saturated heterocycles. The van der Waals surface area contributed by atoms with Crippen LogP contribution in [-0.2, 0) is 0 Å².